The van der Waals surface area contributed by atoms with Gasteiger partial charge in [0, 0.05) is 57.3 Å². The Morgan fingerprint density at radius 1 is 0.667 bits per heavy atom. The molecule has 42 heavy (non-hydrogen) atoms. The fourth-order valence-electron chi connectivity index (χ4n) is 3.86. The van der Waals surface area contributed by atoms with Crippen LogP contribution in [-0.4, -0.2) is 133 Å². The third-order valence-electron chi connectivity index (χ3n) is 5.78. The van der Waals surface area contributed by atoms with Gasteiger partial charge in [-0.2, -0.15) is 0 Å². The number of esters is 1. The zero-order valence-corrected chi connectivity index (χ0v) is 26.8. The second-order valence-electron chi connectivity index (χ2n) is 12.9. The van der Waals surface area contributed by atoms with Crippen LogP contribution < -0.4 is 0 Å². The van der Waals surface area contributed by atoms with Gasteiger partial charge in [0.05, 0.1) is 13.7 Å². The highest BCUT2D eigenvalue weighted by atomic mass is 16.6. The molecule has 0 bridgehead atoms. The Morgan fingerprint density at radius 2 is 0.976 bits per heavy atom. The Labute approximate surface area is 248 Å². The maximum absolute atomic E-state index is 13.2. The standard InChI is InChI=1S/C27H49N7O8/c1-25(2,3)40-22(36)32-13-11-31(20(19-29-30-28)21(35)39-10)12-14-33(23(37)41-26(4,5)6)16-18-34(17-15-32)24(38)42-27(7,8)9/h20H,11-19H2,1-10H3. The van der Waals surface area contributed by atoms with Crippen LogP contribution in [0.25, 0.3) is 10.4 Å². The number of carbonyl (C=O) groups is 4. The van der Waals surface area contributed by atoms with Crippen LogP contribution in [0.4, 0.5) is 14.4 Å². The lowest BCUT2D eigenvalue weighted by Crippen LogP contribution is -2.54. The lowest BCUT2D eigenvalue weighted by atomic mass is 10.2. The molecular weight excluding hydrogens is 550 g/mol. The maximum Gasteiger partial charge on any atom is 0.410 e. The zero-order chi connectivity index (χ0) is 32.3. The summed E-state index contributed by atoms with van der Waals surface area (Å²) >= 11 is 0. The minimum Gasteiger partial charge on any atom is -0.468 e. The molecule has 1 heterocycles. The van der Waals surface area contributed by atoms with Crippen molar-refractivity contribution >= 4 is 24.2 Å². The van der Waals surface area contributed by atoms with Crippen molar-refractivity contribution in [3.8, 4) is 0 Å². The Morgan fingerprint density at radius 3 is 1.24 bits per heavy atom. The monoisotopic (exact) mass is 599 g/mol. The Kier molecular flexibility index (Phi) is 13.7. The summed E-state index contributed by atoms with van der Waals surface area (Å²) in [6, 6.07) is -0.965. The van der Waals surface area contributed by atoms with Crippen molar-refractivity contribution in [2.24, 2.45) is 5.11 Å². The molecule has 0 radical (unpaired) electrons. The number of carbonyl (C=O) groups excluding carboxylic acids is 4. The van der Waals surface area contributed by atoms with Crippen LogP contribution >= 0.6 is 0 Å². The summed E-state index contributed by atoms with van der Waals surface area (Å²) in [5.74, 6) is -0.627. The Bertz CT molecular complexity index is 936. The molecule has 0 aliphatic carbocycles. The highest BCUT2D eigenvalue weighted by Gasteiger charge is 2.32. The number of azide groups is 1. The third kappa shape index (κ3) is 13.9. The minimum atomic E-state index is -0.965. The summed E-state index contributed by atoms with van der Waals surface area (Å²) in [6.45, 7) is 16.4. The van der Waals surface area contributed by atoms with Crippen molar-refractivity contribution in [2.45, 2.75) is 85.2 Å². The van der Waals surface area contributed by atoms with Crippen molar-refractivity contribution in [3.05, 3.63) is 10.4 Å². The fourth-order valence-corrected chi connectivity index (χ4v) is 3.86. The molecule has 3 amide bonds. The summed E-state index contributed by atoms with van der Waals surface area (Å²) in [6.07, 6.45) is -1.78. The van der Waals surface area contributed by atoms with E-state index >= 15 is 0 Å². The quantitative estimate of drug-likeness (QED) is 0.153. The van der Waals surface area contributed by atoms with Crippen molar-refractivity contribution in [3.63, 3.8) is 0 Å². The largest absolute Gasteiger partial charge is 0.468 e. The van der Waals surface area contributed by atoms with Crippen molar-refractivity contribution in [2.75, 3.05) is 66.0 Å². The molecular formula is C27H49N7O8. The lowest BCUT2D eigenvalue weighted by Gasteiger charge is -2.37. The van der Waals surface area contributed by atoms with E-state index in [0.717, 1.165) is 0 Å². The zero-order valence-electron chi connectivity index (χ0n) is 26.8. The molecule has 1 aliphatic heterocycles. The molecule has 1 unspecified atom stereocenters. The van der Waals surface area contributed by atoms with Crippen LogP contribution in [0.5, 0.6) is 0 Å². The number of methoxy groups -OCH3 is 1. The molecule has 240 valence electrons. The van der Waals surface area contributed by atoms with Gasteiger partial charge in [-0.3, -0.25) is 9.69 Å². The number of amides is 3. The van der Waals surface area contributed by atoms with E-state index in [2.05, 4.69) is 10.0 Å². The molecule has 15 nitrogen and oxygen atoms in total. The van der Waals surface area contributed by atoms with Gasteiger partial charge < -0.3 is 33.6 Å². The Balaban J connectivity index is 3.48. The summed E-state index contributed by atoms with van der Waals surface area (Å²) < 4.78 is 21.8. The van der Waals surface area contributed by atoms with Gasteiger partial charge in [-0.25, -0.2) is 14.4 Å². The molecule has 0 aromatic rings. The normalized spacial score (nSPS) is 17.1. The minimum absolute atomic E-state index is 0.0909. The smallest absolute Gasteiger partial charge is 0.410 e. The van der Waals surface area contributed by atoms with Gasteiger partial charge in [-0.15, -0.1) is 0 Å². The molecule has 15 heteroatoms. The van der Waals surface area contributed by atoms with E-state index in [9.17, 15) is 19.2 Å². The lowest BCUT2D eigenvalue weighted by molar-refractivity contribution is -0.146. The molecule has 1 aliphatic rings. The van der Waals surface area contributed by atoms with Gasteiger partial charge in [-0.1, -0.05) is 5.11 Å². The maximum atomic E-state index is 13.2. The van der Waals surface area contributed by atoms with Gasteiger partial charge in [0.1, 0.15) is 22.8 Å². The SMILES string of the molecule is COC(=O)C(CN=[N+]=[N-])N1CCN(C(=O)OC(C)(C)C)CCN(C(=O)OC(C)(C)C)CCN(C(=O)OC(C)(C)C)CC1. The number of nitrogens with zero attached hydrogens (tertiary/aromatic N) is 7. The topological polar surface area (TPSA) is 167 Å². The van der Waals surface area contributed by atoms with Crippen LogP contribution in [0.2, 0.25) is 0 Å². The molecule has 0 aromatic heterocycles. The van der Waals surface area contributed by atoms with Gasteiger partial charge in [0.2, 0.25) is 0 Å². The highest BCUT2D eigenvalue weighted by molar-refractivity contribution is 5.76. The van der Waals surface area contributed by atoms with E-state index in [-0.39, 0.29) is 58.9 Å². The van der Waals surface area contributed by atoms with Crippen molar-refractivity contribution in [1.29, 1.82) is 0 Å². The van der Waals surface area contributed by atoms with Crippen LogP contribution in [0.15, 0.2) is 5.11 Å². The first-order valence-electron chi connectivity index (χ1n) is 14.0. The van der Waals surface area contributed by atoms with Gasteiger partial charge in [0.15, 0.2) is 0 Å². The average molecular weight is 600 g/mol. The Hall–Kier alpha value is -3.45. The summed E-state index contributed by atoms with van der Waals surface area (Å²) in [5.41, 5.74) is 6.62. The van der Waals surface area contributed by atoms with E-state index in [0.29, 0.717) is 0 Å². The predicted octanol–water partition coefficient (Wildman–Crippen LogP) is 3.87. The first-order chi connectivity index (χ1) is 19.3. The van der Waals surface area contributed by atoms with E-state index in [4.69, 9.17) is 24.5 Å². The van der Waals surface area contributed by atoms with E-state index < -0.39 is 47.1 Å². The number of rotatable bonds is 4. The second-order valence-corrected chi connectivity index (χ2v) is 12.9. The first-order valence-corrected chi connectivity index (χ1v) is 14.0. The van der Waals surface area contributed by atoms with Crippen molar-refractivity contribution < 1.29 is 38.1 Å². The molecule has 0 saturated carbocycles. The van der Waals surface area contributed by atoms with Crippen LogP contribution in [0.1, 0.15) is 62.3 Å². The molecule has 1 fully saturated rings. The number of hydrogen-bond acceptors (Lipinski definition) is 10. The average Bonchev–Trinajstić information content (AvgIpc) is 2.81. The number of hydrogen-bond donors (Lipinski definition) is 0. The van der Waals surface area contributed by atoms with Crippen LogP contribution in [0.3, 0.4) is 0 Å². The van der Waals surface area contributed by atoms with Crippen LogP contribution in [0, 0.1) is 0 Å². The molecule has 1 atom stereocenters. The third-order valence-corrected chi connectivity index (χ3v) is 5.78. The summed E-state index contributed by atoms with van der Waals surface area (Å²) in [4.78, 5) is 61.0. The number of ether oxygens (including phenoxy) is 4. The molecule has 0 aromatic carbocycles. The molecule has 1 saturated heterocycles. The van der Waals surface area contributed by atoms with Crippen molar-refractivity contribution in [1.82, 2.24) is 19.6 Å². The van der Waals surface area contributed by atoms with E-state index in [1.165, 1.54) is 21.8 Å². The van der Waals surface area contributed by atoms with Gasteiger partial charge in [0.25, 0.3) is 0 Å². The first kappa shape index (κ1) is 36.6. The van der Waals surface area contributed by atoms with Crippen LogP contribution in [-0.2, 0) is 23.7 Å². The molecule has 1 rings (SSSR count). The van der Waals surface area contributed by atoms with Gasteiger partial charge in [-0.05, 0) is 67.8 Å². The summed E-state index contributed by atoms with van der Waals surface area (Å²) in [5, 5.41) is 3.58. The summed E-state index contributed by atoms with van der Waals surface area (Å²) in [7, 11) is 1.23. The molecule has 0 N–H and O–H groups in total. The van der Waals surface area contributed by atoms with Gasteiger partial charge >= 0.3 is 24.2 Å². The molecule has 0 spiro atoms. The van der Waals surface area contributed by atoms with E-state index in [1.54, 1.807) is 67.2 Å². The predicted molar refractivity (Wildman–Crippen MR) is 155 cm³/mol. The fraction of sp³-hybridized carbons (Fsp3) is 0.852. The second kappa shape index (κ2) is 15.7. The highest BCUT2D eigenvalue weighted by Crippen LogP contribution is 2.16. The van der Waals surface area contributed by atoms with E-state index in [1.807, 2.05) is 0 Å².